The van der Waals surface area contributed by atoms with E-state index in [1.807, 2.05) is 25.1 Å². The number of nitrogens with zero attached hydrogens (tertiary/aromatic N) is 2. The summed E-state index contributed by atoms with van der Waals surface area (Å²) in [4.78, 5) is 20.5. The maximum atomic E-state index is 12.3. The highest BCUT2D eigenvalue weighted by Crippen LogP contribution is 2.19. The highest BCUT2D eigenvalue weighted by Gasteiger charge is 2.09. The number of amides is 1. The molecule has 0 unspecified atom stereocenters. The summed E-state index contributed by atoms with van der Waals surface area (Å²) in [5, 5.41) is 6.58. The normalized spacial score (nSPS) is 10.4. The standard InChI is InChI=1S/C19H17ClN4O/c1-12-3-6-16(9-13(12)2)23-18-10-17(21-11-22-18)19(25)24-15-7-4-14(20)5-8-15/h3-11H,1-2H3,(H,24,25)(H,21,22,23). The molecule has 0 aliphatic rings. The number of nitrogens with one attached hydrogen (secondary N) is 2. The van der Waals surface area contributed by atoms with Gasteiger partial charge in [0.1, 0.15) is 17.8 Å². The van der Waals surface area contributed by atoms with E-state index in [2.05, 4.69) is 27.5 Å². The van der Waals surface area contributed by atoms with Gasteiger partial charge in [0, 0.05) is 22.5 Å². The second-order valence-corrected chi connectivity index (χ2v) is 6.11. The predicted molar refractivity (Wildman–Crippen MR) is 101 cm³/mol. The number of carbonyl (C=O) groups is 1. The minimum Gasteiger partial charge on any atom is -0.340 e. The van der Waals surface area contributed by atoms with Crippen LogP contribution in [0.5, 0.6) is 0 Å². The number of hydrogen-bond donors (Lipinski definition) is 2. The van der Waals surface area contributed by atoms with Gasteiger partial charge in [0.15, 0.2) is 0 Å². The van der Waals surface area contributed by atoms with E-state index in [1.165, 1.54) is 17.5 Å². The number of carbonyl (C=O) groups excluding carboxylic acids is 1. The lowest BCUT2D eigenvalue weighted by Gasteiger charge is -2.09. The van der Waals surface area contributed by atoms with Gasteiger partial charge in [-0.1, -0.05) is 17.7 Å². The molecule has 0 saturated carbocycles. The summed E-state index contributed by atoms with van der Waals surface area (Å²) in [6, 6.07) is 14.5. The van der Waals surface area contributed by atoms with E-state index in [1.54, 1.807) is 30.3 Å². The minimum absolute atomic E-state index is 0.274. The summed E-state index contributed by atoms with van der Waals surface area (Å²) >= 11 is 5.84. The van der Waals surface area contributed by atoms with Crippen molar-refractivity contribution in [1.82, 2.24) is 9.97 Å². The Bertz CT molecular complexity index is 910. The molecule has 0 saturated heterocycles. The molecule has 0 bridgehead atoms. The van der Waals surface area contributed by atoms with Crippen LogP contribution in [0.25, 0.3) is 0 Å². The monoisotopic (exact) mass is 352 g/mol. The van der Waals surface area contributed by atoms with E-state index in [-0.39, 0.29) is 11.6 Å². The Balaban J connectivity index is 1.75. The van der Waals surface area contributed by atoms with Gasteiger partial charge >= 0.3 is 0 Å². The fourth-order valence-electron chi connectivity index (χ4n) is 2.25. The van der Waals surface area contributed by atoms with Gasteiger partial charge in [-0.15, -0.1) is 0 Å². The Hall–Kier alpha value is -2.92. The zero-order valence-electron chi connectivity index (χ0n) is 13.9. The molecule has 6 heteroatoms. The van der Waals surface area contributed by atoms with Crippen molar-refractivity contribution in [3.05, 3.63) is 76.7 Å². The topological polar surface area (TPSA) is 66.9 Å². The van der Waals surface area contributed by atoms with E-state index in [0.29, 0.717) is 16.5 Å². The third-order valence-electron chi connectivity index (χ3n) is 3.78. The van der Waals surface area contributed by atoms with Crippen molar-refractivity contribution >= 4 is 34.7 Å². The molecule has 126 valence electrons. The fourth-order valence-corrected chi connectivity index (χ4v) is 2.37. The number of hydrogen-bond acceptors (Lipinski definition) is 4. The third-order valence-corrected chi connectivity index (χ3v) is 4.03. The second-order valence-electron chi connectivity index (χ2n) is 5.67. The Morgan fingerprint density at radius 2 is 1.64 bits per heavy atom. The molecule has 1 heterocycles. The molecule has 1 amide bonds. The SMILES string of the molecule is Cc1ccc(Nc2cc(C(=O)Nc3ccc(Cl)cc3)ncn2)cc1C. The molecular weight excluding hydrogens is 336 g/mol. The first kappa shape index (κ1) is 16.9. The Morgan fingerprint density at radius 1 is 0.920 bits per heavy atom. The van der Waals surface area contributed by atoms with Crippen molar-refractivity contribution in [2.24, 2.45) is 0 Å². The van der Waals surface area contributed by atoms with Crippen molar-refractivity contribution in [3.63, 3.8) is 0 Å². The summed E-state index contributed by atoms with van der Waals surface area (Å²) < 4.78 is 0. The van der Waals surface area contributed by atoms with Crippen LogP contribution in [0.3, 0.4) is 0 Å². The van der Waals surface area contributed by atoms with Crippen LogP contribution >= 0.6 is 11.6 Å². The Labute approximate surface area is 151 Å². The first-order valence-corrected chi connectivity index (χ1v) is 8.12. The minimum atomic E-state index is -0.312. The molecule has 3 aromatic rings. The molecule has 0 radical (unpaired) electrons. The first-order chi connectivity index (χ1) is 12.0. The van der Waals surface area contributed by atoms with Gasteiger partial charge in [-0.3, -0.25) is 4.79 Å². The van der Waals surface area contributed by atoms with E-state index >= 15 is 0 Å². The lowest BCUT2D eigenvalue weighted by molar-refractivity contribution is 0.102. The summed E-state index contributed by atoms with van der Waals surface area (Å²) in [6.45, 7) is 4.11. The van der Waals surface area contributed by atoms with Crippen LogP contribution in [0.1, 0.15) is 21.6 Å². The summed E-state index contributed by atoms with van der Waals surface area (Å²) in [7, 11) is 0. The van der Waals surface area contributed by atoms with Gasteiger partial charge in [-0.05, 0) is 61.4 Å². The van der Waals surface area contributed by atoms with E-state index in [0.717, 1.165) is 5.69 Å². The van der Waals surface area contributed by atoms with Crippen molar-refractivity contribution in [1.29, 1.82) is 0 Å². The van der Waals surface area contributed by atoms with Crippen LogP contribution in [0.2, 0.25) is 5.02 Å². The molecule has 1 aromatic heterocycles. The summed E-state index contributed by atoms with van der Waals surface area (Å²) in [6.07, 6.45) is 1.36. The van der Waals surface area contributed by atoms with Crippen LogP contribution < -0.4 is 10.6 Å². The molecule has 5 nitrogen and oxygen atoms in total. The second kappa shape index (κ2) is 7.32. The molecule has 0 atom stereocenters. The molecule has 2 N–H and O–H groups in total. The molecule has 25 heavy (non-hydrogen) atoms. The summed E-state index contributed by atoms with van der Waals surface area (Å²) in [5.41, 5.74) is 4.23. The third kappa shape index (κ3) is 4.33. The van der Waals surface area contributed by atoms with E-state index in [4.69, 9.17) is 11.6 Å². The molecule has 0 spiro atoms. The zero-order valence-corrected chi connectivity index (χ0v) is 14.6. The van der Waals surface area contributed by atoms with Gasteiger partial charge in [0.25, 0.3) is 5.91 Å². The first-order valence-electron chi connectivity index (χ1n) is 7.74. The van der Waals surface area contributed by atoms with Crippen LogP contribution in [0.15, 0.2) is 54.9 Å². The maximum Gasteiger partial charge on any atom is 0.274 e. The lowest BCUT2D eigenvalue weighted by atomic mass is 10.1. The van der Waals surface area contributed by atoms with Crippen molar-refractivity contribution in [2.75, 3.05) is 10.6 Å². The smallest absolute Gasteiger partial charge is 0.274 e. The predicted octanol–water partition coefficient (Wildman–Crippen LogP) is 4.74. The largest absolute Gasteiger partial charge is 0.340 e. The van der Waals surface area contributed by atoms with E-state index in [9.17, 15) is 4.79 Å². The van der Waals surface area contributed by atoms with Gasteiger partial charge in [0.05, 0.1) is 0 Å². The van der Waals surface area contributed by atoms with E-state index < -0.39 is 0 Å². The number of aryl methyl sites for hydroxylation is 2. The van der Waals surface area contributed by atoms with Crippen molar-refractivity contribution in [3.8, 4) is 0 Å². The Morgan fingerprint density at radius 3 is 2.36 bits per heavy atom. The average Bonchev–Trinajstić information content (AvgIpc) is 2.60. The van der Waals surface area contributed by atoms with Crippen LogP contribution in [-0.4, -0.2) is 15.9 Å². The number of aromatic nitrogens is 2. The number of anilines is 3. The number of halogens is 1. The average molecular weight is 353 g/mol. The molecule has 0 aliphatic heterocycles. The molecule has 0 aliphatic carbocycles. The fraction of sp³-hybridized carbons (Fsp3) is 0.105. The number of rotatable bonds is 4. The zero-order chi connectivity index (χ0) is 17.8. The van der Waals surface area contributed by atoms with Crippen LogP contribution in [0.4, 0.5) is 17.2 Å². The quantitative estimate of drug-likeness (QED) is 0.711. The van der Waals surface area contributed by atoms with Crippen molar-refractivity contribution < 1.29 is 4.79 Å². The highest BCUT2D eigenvalue weighted by atomic mass is 35.5. The maximum absolute atomic E-state index is 12.3. The van der Waals surface area contributed by atoms with Crippen LogP contribution in [0, 0.1) is 13.8 Å². The summed E-state index contributed by atoms with van der Waals surface area (Å²) in [5.74, 6) is 0.243. The molecular formula is C19H17ClN4O. The lowest BCUT2D eigenvalue weighted by Crippen LogP contribution is -2.14. The van der Waals surface area contributed by atoms with Gasteiger partial charge in [-0.25, -0.2) is 9.97 Å². The number of benzene rings is 2. The van der Waals surface area contributed by atoms with Crippen molar-refractivity contribution in [2.45, 2.75) is 13.8 Å². The molecule has 3 rings (SSSR count). The van der Waals surface area contributed by atoms with Gasteiger partial charge in [0.2, 0.25) is 0 Å². The molecule has 0 fully saturated rings. The van der Waals surface area contributed by atoms with Crippen LogP contribution in [-0.2, 0) is 0 Å². The Kier molecular flexibility index (Phi) is 4.95. The van der Waals surface area contributed by atoms with Gasteiger partial charge < -0.3 is 10.6 Å². The molecule has 2 aromatic carbocycles. The van der Waals surface area contributed by atoms with Gasteiger partial charge in [-0.2, -0.15) is 0 Å². The highest BCUT2D eigenvalue weighted by molar-refractivity contribution is 6.30.